The second-order valence-corrected chi connectivity index (χ2v) is 6.98. The summed E-state index contributed by atoms with van der Waals surface area (Å²) in [6.45, 7) is 8.33. The van der Waals surface area contributed by atoms with Gasteiger partial charge in [-0.2, -0.15) is 0 Å². The molecule has 0 unspecified atom stereocenters. The highest BCUT2D eigenvalue weighted by Crippen LogP contribution is 2.36. The van der Waals surface area contributed by atoms with Crippen LogP contribution in [0, 0.1) is 0 Å². The van der Waals surface area contributed by atoms with Gasteiger partial charge in [0.25, 0.3) is 0 Å². The molecule has 0 spiro atoms. The van der Waals surface area contributed by atoms with Crippen molar-refractivity contribution in [2.75, 3.05) is 5.32 Å². The summed E-state index contributed by atoms with van der Waals surface area (Å²) in [5, 5.41) is 3.55. The highest BCUT2D eigenvalue weighted by molar-refractivity contribution is 6.62. The SMILES string of the molecule is CC1(C)OB(c2ccc(NC3CCC3)cc2)OC1(C)C. The maximum Gasteiger partial charge on any atom is 0.494 e. The first-order chi connectivity index (χ1) is 9.37. The van der Waals surface area contributed by atoms with Crippen LogP contribution in [0.15, 0.2) is 24.3 Å². The molecular weight excluding hydrogens is 249 g/mol. The molecule has 3 rings (SSSR count). The Morgan fingerprint density at radius 1 is 1.00 bits per heavy atom. The molecule has 1 aliphatic heterocycles. The van der Waals surface area contributed by atoms with Crippen molar-refractivity contribution in [3.8, 4) is 0 Å². The molecule has 0 aromatic heterocycles. The molecule has 3 nitrogen and oxygen atoms in total. The second-order valence-electron chi connectivity index (χ2n) is 6.98. The molecule has 1 N–H and O–H groups in total. The number of hydrogen-bond donors (Lipinski definition) is 1. The topological polar surface area (TPSA) is 30.5 Å². The fraction of sp³-hybridized carbons (Fsp3) is 0.625. The highest BCUT2D eigenvalue weighted by atomic mass is 16.7. The monoisotopic (exact) mass is 273 g/mol. The van der Waals surface area contributed by atoms with E-state index in [1.165, 1.54) is 24.9 Å². The summed E-state index contributed by atoms with van der Waals surface area (Å²) >= 11 is 0. The van der Waals surface area contributed by atoms with E-state index in [4.69, 9.17) is 9.31 Å². The van der Waals surface area contributed by atoms with Gasteiger partial charge in [-0.1, -0.05) is 12.1 Å². The summed E-state index contributed by atoms with van der Waals surface area (Å²) < 4.78 is 12.1. The molecule has 0 atom stereocenters. The van der Waals surface area contributed by atoms with Crippen LogP contribution in [-0.2, 0) is 9.31 Å². The van der Waals surface area contributed by atoms with Crippen molar-refractivity contribution < 1.29 is 9.31 Å². The van der Waals surface area contributed by atoms with Gasteiger partial charge in [0.15, 0.2) is 0 Å². The maximum absolute atomic E-state index is 6.06. The van der Waals surface area contributed by atoms with Crippen molar-refractivity contribution >= 4 is 18.3 Å². The lowest BCUT2D eigenvalue weighted by atomic mass is 9.79. The van der Waals surface area contributed by atoms with E-state index in [2.05, 4.69) is 57.3 Å². The number of anilines is 1. The molecule has 0 amide bonds. The predicted octanol–water partition coefficient (Wildman–Crippen LogP) is 2.95. The average Bonchev–Trinajstić information content (AvgIpc) is 2.54. The van der Waals surface area contributed by atoms with E-state index >= 15 is 0 Å². The Labute approximate surface area is 122 Å². The van der Waals surface area contributed by atoms with Crippen LogP contribution in [0.5, 0.6) is 0 Å². The fourth-order valence-corrected chi connectivity index (χ4v) is 2.50. The zero-order valence-electron chi connectivity index (χ0n) is 12.9. The van der Waals surface area contributed by atoms with E-state index in [-0.39, 0.29) is 18.3 Å². The first-order valence-corrected chi connectivity index (χ1v) is 7.59. The molecule has 4 heteroatoms. The minimum atomic E-state index is -0.277. The van der Waals surface area contributed by atoms with Crippen LogP contribution in [0.25, 0.3) is 0 Å². The molecule has 0 bridgehead atoms. The van der Waals surface area contributed by atoms with Gasteiger partial charge in [0, 0.05) is 11.7 Å². The lowest BCUT2D eigenvalue weighted by Crippen LogP contribution is -2.41. The van der Waals surface area contributed by atoms with Crippen LogP contribution >= 0.6 is 0 Å². The van der Waals surface area contributed by atoms with E-state index in [0.717, 1.165) is 5.46 Å². The fourth-order valence-electron chi connectivity index (χ4n) is 2.50. The minimum Gasteiger partial charge on any atom is -0.399 e. The first-order valence-electron chi connectivity index (χ1n) is 7.59. The van der Waals surface area contributed by atoms with Gasteiger partial charge in [-0.15, -0.1) is 0 Å². The van der Waals surface area contributed by atoms with Gasteiger partial charge < -0.3 is 14.6 Å². The molecule has 2 fully saturated rings. The van der Waals surface area contributed by atoms with Gasteiger partial charge >= 0.3 is 7.12 Å². The van der Waals surface area contributed by atoms with Crippen LogP contribution in [0.4, 0.5) is 5.69 Å². The molecular formula is C16H24BNO2. The molecule has 2 aliphatic rings. The second kappa shape index (κ2) is 4.78. The van der Waals surface area contributed by atoms with Gasteiger partial charge in [-0.25, -0.2) is 0 Å². The molecule has 1 saturated heterocycles. The van der Waals surface area contributed by atoms with Gasteiger partial charge in [0.2, 0.25) is 0 Å². The van der Waals surface area contributed by atoms with E-state index in [9.17, 15) is 0 Å². The van der Waals surface area contributed by atoms with E-state index in [1.807, 2.05) is 0 Å². The first kappa shape index (κ1) is 14.0. The van der Waals surface area contributed by atoms with Crippen LogP contribution in [0.3, 0.4) is 0 Å². The lowest BCUT2D eigenvalue weighted by Gasteiger charge is -2.32. The van der Waals surface area contributed by atoms with Gasteiger partial charge in [0.05, 0.1) is 11.2 Å². The van der Waals surface area contributed by atoms with Crippen molar-refractivity contribution in [3.05, 3.63) is 24.3 Å². The molecule has 1 saturated carbocycles. The van der Waals surface area contributed by atoms with Gasteiger partial charge in [0.1, 0.15) is 0 Å². The molecule has 1 aliphatic carbocycles. The highest BCUT2D eigenvalue weighted by Gasteiger charge is 2.51. The van der Waals surface area contributed by atoms with Crippen LogP contribution < -0.4 is 10.8 Å². The molecule has 0 radical (unpaired) electrons. The summed E-state index contributed by atoms with van der Waals surface area (Å²) in [5.41, 5.74) is 1.72. The van der Waals surface area contributed by atoms with E-state index in [1.54, 1.807) is 0 Å². The third-order valence-corrected chi connectivity index (χ3v) is 4.91. The van der Waals surface area contributed by atoms with Gasteiger partial charge in [-0.3, -0.25) is 0 Å². The number of benzene rings is 1. The lowest BCUT2D eigenvalue weighted by molar-refractivity contribution is 0.00578. The Morgan fingerprint density at radius 2 is 1.55 bits per heavy atom. The minimum absolute atomic E-state index is 0.266. The third-order valence-electron chi connectivity index (χ3n) is 4.91. The van der Waals surface area contributed by atoms with Crippen molar-refractivity contribution in [2.45, 2.75) is 64.2 Å². The van der Waals surface area contributed by atoms with Crippen LogP contribution in [-0.4, -0.2) is 24.4 Å². The van der Waals surface area contributed by atoms with Crippen molar-refractivity contribution in [1.82, 2.24) is 0 Å². The Bertz CT molecular complexity index is 464. The molecule has 1 heterocycles. The summed E-state index contributed by atoms with van der Waals surface area (Å²) in [6, 6.07) is 9.11. The van der Waals surface area contributed by atoms with Gasteiger partial charge in [-0.05, 0) is 64.6 Å². The smallest absolute Gasteiger partial charge is 0.399 e. The molecule has 1 aromatic carbocycles. The van der Waals surface area contributed by atoms with Crippen LogP contribution in [0.2, 0.25) is 0 Å². The largest absolute Gasteiger partial charge is 0.494 e. The summed E-state index contributed by atoms with van der Waals surface area (Å²) in [7, 11) is -0.266. The van der Waals surface area contributed by atoms with E-state index < -0.39 is 0 Å². The predicted molar refractivity (Wildman–Crippen MR) is 83.4 cm³/mol. The standard InChI is InChI=1S/C16H24BNO2/c1-15(2)16(3,4)20-17(19-15)12-8-10-14(11-9-12)18-13-6-5-7-13/h8-11,13,18H,5-7H2,1-4H3. The zero-order valence-corrected chi connectivity index (χ0v) is 12.9. The van der Waals surface area contributed by atoms with Crippen LogP contribution in [0.1, 0.15) is 47.0 Å². The van der Waals surface area contributed by atoms with Crippen molar-refractivity contribution in [1.29, 1.82) is 0 Å². The van der Waals surface area contributed by atoms with Crippen molar-refractivity contribution in [3.63, 3.8) is 0 Å². The Balaban J connectivity index is 1.69. The maximum atomic E-state index is 6.06. The summed E-state index contributed by atoms with van der Waals surface area (Å²) in [6.07, 6.45) is 3.93. The molecule has 108 valence electrons. The Hall–Kier alpha value is -0.995. The van der Waals surface area contributed by atoms with Crippen molar-refractivity contribution in [2.24, 2.45) is 0 Å². The average molecular weight is 273 g/mol. The quantitative estimate of drug-likeness (QED) is 0.859. The Kier molecular flexibility index (Phi) is 3.34. The number of rotatable bonds is 3. The number of hydrogen-bond acceptors (Lipinski definition) is 3. The molecule has 20 heavy (non-hydrogen) atoms. The summed E-state index contributed by atoms with van der Waals surface area (Å²) in [5.74, 6) is 0. The normalized spacial score (nSPS) is 24.5. The molecule has 1 aromatic rings. The number of nitrogens with one attached hydrogen (secondary N) is 1. The zero-order chi connectivity index (χ0) is 14.4. The Morgan fingerprint density at radius 3 is 2.00 bits per heavy atom. The summed E-state index contributed by atoms with van der Waals surface area (Å²) in [4.78, 5) is 0. The third kappa shape index (κ3) is 2.47. The van der Waals surface area contributed by atoms with E-state index in [0.29, 0.717) is 6.04 Å².